The molecule has 8 nitrogen and oxygen atoms in total. The summed E-state index contributed by atoms with van der Waals surface area (Å²) in [6.07, 6.45) is 1.27. The fourth-order valence-corrected chi connectivity index (χ4v) is 4.90. The average molecular weight is 504 g/mol. The normalized spacial score (nSPS) is 11.2. The third kappa shape index (κ3) is 5.00. The van der Waals surface area contributed by atoms with E-state index in [0.717, 1.165) is 6.07 Å². The topological polar surface area (TPSA) is 106 Å². The third-order valence-electron chi connectivity index (χ3n) is 4.49. The van der Waals surface area contributed by atoms with E-state index >= 15 is 0 Å². The number of carbonyl (C=O) groups excluding carboxylic acids is 1. The predicted molar refractivity (Wildman–Crippen MR) is 125 cm³/mol. The van der Waals surface area contributed by atoms with Gasteiger partial charge in [0.2, 0.25) is 5.95 Å². The van der Waals surface area contributed by atoms with Gasteiger partial charge in [0.15, 0.2) is 0 Å². The Hall–Kier alpha value is -3.41. The van der Waals surface area contributed by atoms with Gasteiger partial charge < -0.3 is 5.32 Å². The minimum absolute atomic E-state index is 0.0246. The van der Waals surface area contributed by atoms with Crippen LogP contribution in [0.3, 0.4) is 0 Å². The molecular formula is C21H15ClFN5O3S2. The number of carbonyl (C=O) groups is 1. The average Bonchev–Trinajstić information content (AvgIpc) is 3.22. The zero-order valence-corrected chi connectivity index (χ0v) is 19.1. The van der Waals surface area contributed by atoms with Gasteiger partial charge in [-0.3, -0.25) is 9.36 Å². The van der Waals surface area contributed by atoms with Crippen LogP contribution in [0.1, 0.15) is 10.4 Å². The molecule has 0 bridgehead atoms. The quantitative estimate of drug-likeness (QED) is 0.338. The SMILES string of the molecule is O=C(Nc1ccccc1)c1cc(S(=O)(=O)Nc2nncn2-c2ccc(F)cc2)c(S)cc1Cl. The van der Waals surface area contributed by atoms with Crippen LogP contribution in [-0.4, -0.2) is 29.1 Å². The fourth-order valence-electron chi connectivity index (χ4n) is 2.92. The van der Waals surface area contributed by atoms with Gasteiger partial charge in [-0.25, -0.2) is 17.5 Å². The van der Waals surface area contributed by atoms with Gasteiger partial charge in [0.05, 0.1) is 16.3 Å². The van der Waals surface area contributed by atoms with E-state index in [1.165, 1.54) is 41.2 Å². The summed E-state index contributed by atoms with van der Waals surface area (Å²) in [6, 6.07) is 16.3. The van der Waals surface area contributed by atoms with Crippen LogP contribution in [0.2, 0.25) is 5.02 Å². The number of aromatic nitrogens is 3. The van der Waals surface area contributed by atoms with Gasteiger partial charge in [0, 0.05) is 10.6 Å². The molecule has 0 aliphatic rings. The molecule has 0 fully saturated rings. The lowest BCUT2D eigenvalue weighted by Crippen LogP contribution is -2.19. The van der Waals surface area contributed by atoms with E-state index in [4.69, 9.17) is 11.6 Å². The smallest absolute Gasteiger partial charge is 0.265 e. The Morgan fingerprint density at radius 2 is 1.76 bits per heavy atom. The van der Waals surface area contributed by atoms with Crippen molar-refractivity contribution in [3.8, 4) is 5.69 Å². The second-order valence-electron chi connectivity index (χ2n) is 6.73. The van der Waals surface area contributed by atoms with Crippen molar-refractivity contribution in [3.05, 3.63) is 89.5 Å². The summed E-state index contributed by atoms with van der Waals surface area (Å²) in [5, 5.41) is 10.2. The van der Waals surface area contributed by atoms with Crippen molar-refractivity contribution in [1.29, 1.82) is 0 Å². The number of thiol groups is 1. The van der Waals surface area contributed by atoms with Gasteiger partial charge >= 0.3 is 0 Å². The predicted octanol–water partition coefficient (Wildman–Crippen LogP) is 4.40. The van der Waals surface area contributed by atoms with Crippen molar-refractivity contribution >= 4 is 51.8 Å². The maximum Gasteiger partial charge on any atom is 0.265 e. The van der Waals surface area contributed by atoms with Gasteiger partial charge in [0.25, 0.3) is 15.9 Å². The second kappa shape index (κ2) is 9.22. The minimum Gasteiger partial charge on any atom is -0.322 e. The standard InChI is InChI=1S/C21H15ClFN5O3S2/c22-17-11-18(32)19(10-16(17)20(29)25-14-4-2-1-3-5-14)33(30,31)27-21-26-24-12-28(21)15-8-6-13(23)7-9-15/h1-12,32H,(H,25,29)(H,26,27). The molecule has 2 N–H and O–H groups in total. The molecule has 33 heavy (non-hydrogen) atoms. The zero-order valence-electron chi connectivity index (χ0n) is 16.6. The third-order valence-corrected chi connectivity index (χ3v) is 6.69. The lowest BCUT2D eigenvalue weighted by Gasteiger charge is -2.13. The van der Waals surface area contributed by atoms with E-state index in [-0.39, 0.29) is 26.3 Å². The van der Waals surface area contributed by atoms with Crippen LogP contribution in [0.15, 0.2) is 82.8 Å². The Kier molecular flexibility index (Phi) is 6.36. The molecule has 0 aliphatic carbocycles. The first-order valence-electron chi connectivity index (χ1n) is 9.32. The Bertz CT molecular complexity index is 1430. The zero-order chi connectivity index (χ0) is 23.6. The molecule has 0 saturated heterocycles. The molecule has 0 unspecified atom stereocenters. The summed E-state index contributed by atoms with van der Waals surface area (Å²) < 4.78 is 43.1. The van der Waals surface area contributed by atoms with E-state index in [0.29, 0.717) is 11.4 Å². The van der Waals surface area contributed by atoms with Gasteiger partial charge in [0.1, 0.15) is 17.0 Å². The number of benzene rings is 3. The number of halogens is 2. The van der Waals surface area contributed by atoms with Crippen molar-refractivity contribution in [2.75, 3.05) is 10.0 Å². The Morgan fingerprint density at radius 1 is 1.06 bits per heavy atom. The van der Waals surface area contributed by atoms with E-state index in [1.54, 1.807) is 30.3 Å². The molecule has 0 spiro atoms. The van der Waals surface area contributed by atoms with E-state index in [9.17, 15) is 17.6 Å². The highest BCUT2D eigenvalue weighted by Gasteiger charge is 2.24. The molecule has 4 aromatic rings. The largest absolute Gasteiger partial charge is 0.322 e. The number of hydrogen-bond acceptors (Lipinski definition) is 6. The van der Waals surface area contributed by atoms with E-state index in [2.05, 4.69) is 32.9 Å². The van der Waals surface area contributed by atoms with Crippen molar-refractivity contribution in [1.82, 2.24) is 14.8 Å². The highest BCUT2D eigenvalue weighted by atomic mass is 35.5. The number of hydrogen-bond donors (Lipinski definition) is 3. The molecule has 1 amide bonds. The summed E-state index contributed by atoms with van der Waals surface area (Å²) in [7, 11) is -4.26. The van der Waals surface area contributed by atoms with Crippen molar-refractivity contribution in [2.45, 2.75) is 9.79 Å². The van der Waals surface area contributed by atoms with Crippen LogP contribution < -0.4 is 10.0 Å². The first kappa shape index (κ1) is 22.8. The number of anilines is 2. The van der Waals surface area contributed by atoms with Crippen LogP contribution in [0, 0.1) is 5.82 Å². The number of nitrogens with zero attached hydrogens (tertiary/aromatic N) is 3. The molecule has 1 heterocycles. The minimum atomic E-state index is -4.26. The molecule has 1 aromatic heterocycles. The fraction of sp³-hybridized carbons (Fsp3) is 0. The Labute approximate surface area is 198 Å². The first-order valence-corrected chi connectivity index (χ1v) is 11.6. The van der Waals surface area contributed by atoms with Crippen LogP contribution >= 0.6 is 24.2 Å². The number of sulfonamides is 1. The summed E-state index contributed by atoms with van der Waals surface area (Å²) in [6.45, 7) is 0. The number of nitrogens with one attached hydrogen (secondary N) is 2. The van der Waals surface area contributed by atoms with E-state index in [1.807, 2.05) is 0 Å². The molecule has 4 rings (SSSR count). The molecule has 0 saturated carbocycles. The summed E-state index contributed by atoms with van der Waals surface area (Å²) in [4.78, 5) is 12.5. The highest BCUT2D eigenvalue weighted by Crippen LogP contribution is 2.29. The van der Waals surface area contributed by atoms with Gasteiger partial charge in [-0.05, 0) is 48.5 Å². The Balaban J connectivity index is 1.66. The van der Waals surface area contributed by atoms with Crippen molar-refractivity contribution < 1.29 is 17.6 Å². The molecule has 168 valence electrons. The van der Waals surface area contributed by atoms with Crippen LogP contribution in [0.25, 0.3) is 5.69 Å². The van der Waals surface area contributed by atoms with Crippen molar-refractivity contribution in [3.63, 3.8) is 0 Å². The highest BCUT2D eigenvalue weighted by molar-refractivity contribution is 7.93. The van der Waals surface area contributed by atoms with Crippen LogP contribution in [-0.2, 0) is 10.0 Å². The van der Waals surface area contributed by atoms with Crippen LogP contribution in [0.5, 0.6) is 0 Å². The summed E-state index contributed by atoms with van der Waals surface area (Å²) in [5.74, 6) is -1.18. The molecule has 0 radical (unpaired) electrons. The number of amides is 1. The monoisotopic (exact) mass is 503 g/mol. The molecule has 12 heteroatoms. The van der Waals surface area contributed by atoms with E-state index < -0.39 is 21.7 Å². The van der Waals surface area contributed by atoms with Crippen LogP contribution in [0.4, 0.5) is 16.0 Å². The molecule has 0 atom stereocenters. The van der Waals surface area contributed by atoms with Gasteiger partial charge in [-0.15, -0.1) is 22.8 Å². The molecular weight excluding hydrogens is 489 g/mol. The maximum atomic E-state index is 13.2. The second-order valence-corrected chi connectivity index (χ2v) is 9.27. The van der Waals surface area contributed by atoms with Gasteiger partial charge in [-0.1, -0.05) is 29.8 Å². The lowest BCUT2D eigenvalue weighted by molar-refractivity contribution is 0.102. The summed E-state index contributed by atoms with van der Waals surface area (Å²) >= 11 is 10.4. The number of rotatable bonds is 6. The Morgan fingerprint density at radius 3 is 2.45 bits per heavy atom. The van der Waals surface area contributed by atoms with Gasteiger partial charge in [-0.2, -0.15) is 0 Å². The molecule has 3 aromatic carbocycles. The summed E-state index contributed by atoms with van der Waals surface area (Å²) in [5.41, 5.74) is 0.895. The molecule has 0 aliphatic heterocycles. The maximum absolute atomic E-state index is 13.2. The first-order chi connectivity index (χ1) is 15.7. The number of para-hydroxylation sites is 1. The van der Waals surface area contributed by atoms with Crippen molar-refractivity contribution in [2.24, 2.45) is 0 Å². The lowest BCUT2D eigenvalue weighted by atomic mass is 10.2.